The van der Waals surface area contributed by atoms with E-state index in [2.05, 4.69) is 0 Å². The molecule has 0 amide bonds. The van der Waals surface area contributed by atoms with E-state index in [0.29, 0.717) is 0 Å². The van der Waals surface area contributed by atoms with Gasteiger partial charge in [0.25, 0.3) is 0 Å². The van der Waals surface area contributed by atoms with E-state index in [0.717, 1.165) is 21.9 Å². The minimum Gasteiger partial charge on any atom is -0.212 e. The normalized spacial score (nSPS) is 11.4. The molecule has 4 nitrogen and oxygen atoms in total. The van der Waals surface area contributed by atoms with Crippen molar-refractivity contribution in [2.45, 2.75) is 19.1 Å². The molecule has 0 atom stereocenters. The highest BCUT2D eigenvalue weighted by molar-refractivity contribution is 7.88. The molecule has 0 aromatic heterocycles. The minimum atomic E-state index is -3.39. The highest BCUT2D eigenvalue weighted by atomic mass is 32.2. The summed E-state index contributed by atoms with van der Waals surface area (Å²) in [6.07, 6.45) is 0.877. The summed E-state index contributed by atoms with van der Waals surface area (Å²) in [5.41, 5.74) is 1.87. The third-order valence-electron chi connectivity index (χ3n) is 2.52. The number of aryl methyl sites for hydroxylation is 1. The Hall–Kier alpha value is -1.38. The maximum absolute atomic E-state index is 11.9. The third kappa shape index (κ3) is 3.84. The molecule has 0 heterocycles. The van der Waals surface area contributed by atoms with Crippen molar-refractivity contribution in [2.24, 2.45) is 0 Å². The summed E-state index contributed by atoms with van der Waals surface area (Å²) in [5.74, 6) is -0.0565. The van der Waals surface area contributed by atoms with Crippen LogP contribution in [0.5, 0.6) is 0 Å². The monoisotopic (exact) mass is 252 g/mol. The largest absolute Gasteiger partial charge is 0.218 e. The number of nitrogens with zero attached hydrogens (tertiary/aromatic N) is 2. The van der Waals surface area contributed by atoms with Crippen LogP contribution in [0, 0.1) is 11.3 Å². The second kappa shape index (κ2) is 5.80. The van der Waals surface area contributed by atoms with E-state index in [9.17, 15) is 8.42 Å². The summed E-state index contributed by atoms with van der Waals surface area (Å²) in [6.45, 7) is 1.91. The van der Waals surface area contributed by atoms with Gasteiger partial charge < -0.3 is 0 Å². The van der Waals surface area contributed by atoms with Crippen molar-refractivity contribution in [3.8, 4) is 6.07 Å². The number of hydrogen-bond acceptors (Lipinski definition) is 3. The molecular weight excluding hydrogens is 236 g/mol. The lowest BCUT2D eigenvalue weighted by molar-refractivity contribution is 0.500. The van der Waals surface area contributed by atoms with Crippen LogP contribution in [0.1, 0.15) is 18.1 Å². The average Bonchev–Trinajstić information content (AvgIpc) is 2.29. The Kier molecular flexibility index (Phi) is 4.67. The van der Waals surface area contributed by atoms with E-state index in [1.807, 2.05) is 31.2 Å². The molecule has 0 radical (unpaired) electrons. The average molecular weight is 252 g/mol. The van der Waals surface area contributed by atoms with E-state index in [1.54, 1.807) is 6.07 Å². The first-order valence-corrected chi connectivity index (χ1v) is 6.99. The molecule has 0 aliphatic rings. The number of rotatable bonds is 5. The standard InChI is InChI=1S/C12H16N2O2S/c1-3-11-5-4-6-12(9-11)10-17(15,16)14(2)8-7-13/h4-6,9H,3,8,10H2,1-2H3. The molecule has 1 aromatic rings. The lowest BCUT2D eigenvalue weighted by atomic mass is 10.1. The molecule has 17 heavy (non-hydrogen) atoms. The van der Waals surface area contributed by atoms with E-state index < -0.39 is 10.0 Å². The van der Waals surface area contributed by atoms with E-state index in [4.69, 9.17) is 5.26 Å². The lowest BCUT2D eigenvalue weighted by Gasteiger charge is -2.13. The molecule has 0 saturated carbocycles. The summed E-state index contributed by atoms with van der Waals surface area (Å²) in [6, 6.07) is 9.33. The van der Waals surface area contributed by atoms with Crippen LogP contribution in [0.3, 0.4) is 0 Å². The molecule has 0 fully saturated rings. The van der Waals surface area contributed by atoms with Gasteiger partial charge in [-0.15, -0.1) is 0 Å². The van der Waals surface area contributed by atoms with Gasteiger partial charge in [0.1, 0.15) is 6.54 Å². The Morgan fingerprint density at radius 2 is 2.00 bits per heavy atom. The van der Waals surface area contributed by atoms with Gasteiger partial charge in [-0.25, -0.2) is 8.42 Å². The maximum Gasteiger partial charge on any atom is 0.218 e. The van der Waals surface area contributed by atoms with Crippen molar-refractivity contribution in [3.05, 3.63) is 35.4 Å². The molecule has 0 saturated heterocycles. The fourth-order valence-corrected chi connectivity index (χ4v) is 2.53. The number of hydrogen-bond donors (Lipinski definition) is 0. The van der Waals surface area contributed by atoms with Crippen molar-refractivity contribution in [1.29, 1.82) is 5.26 Å². The molecule has 0 N–H and O–H groups in total. The van der Waals surface area contributed by atoms with E-state index >= 15 is 0 Å². The van der Waals surface area contributed by atoms with Gasteiger partial charge in [0.05, 0.1) is 11.8 Å². The fourth-order valence-electron chi connectivity index (χ4n) is 1.46. The van der Waals surface area contributed by atoms with Gasteiger partial charge in [-0.05, 0) is 17.5 Å². The molecule has 1 rings (SSSR count). The Morgan fingerprint density at radius 1 is 1.35 bits per heavy atom. The Balaban J connectivity index is 2.87. The van der Waals surface area contributed by atoms with Crippen LogP contribution in [0.25, 0.3) is 0 Å². The second-order valence-electron chi connectivity index (χ2n) is 3.84. The first-order valence-electron chi connectivity index (χ1n) is 5.38. The van der Waals surface area contributed by atoms with Crippen molar-refractivity contribution >= 4 is 10.0 Å². The number of sulfonamides is 1. The number of nitriles is 1. The smallest absolute Gasteiger partial charge is 0.212 e. The molecule has 0 bridgehead atoms. The van der Waals surface area contributed by atoms with Gasteiger partial charge in [-0.1, -0.05) is 31.2 Å². The maximum atomic E-state index is 11.9. The van der Waals surface area contributed by atoms with Crippen LogP contribution in [0.15, 0.2) is 24.3 Å². The zero-order chi connectivity index (χ0) is 12.9. The molecule has 5 heteroatoms. The highest BCUT2D eigenvalue weighted by Crippen LogP contribution is 2.11. The van der Waals surface area contributed by atoms with Crippen LogP contribution in [-0.4, -0.2) is 26.3 Å². The first kappa shape index (κ1) is 13.7. The van der Waals surface area contributed by atoms with Crippen LogP contribution in [0.2, 0.25) is 0 Å². The van der Waals surface area contributed by atoms with Crippen molar-refractivity contribution in [2.75, 3.05) is 13.6 Å². The topological polar surface area (TPSA) is 61.2 Å². The van der Waals surface area contributed by atoms with Gasteiger partial charge in [0, 0.05) is 7.05 Å². The van der Waals surface area contributed by atoms with Crippen molar-refractivity contribution in [1.82, 2.24) is 4.31 Å². The van der Waals surface area contributed by atoms with Crippen LogP contribution < -0.4 is 0 Å². The summed E-state index contributed by atoms with van der Waals surface area (Å²) in [7, 11) is -1.97. The summed E-state index contributed by atoms with van der Waals surface area (Å²) < 4.78 is 24.8. The summed E-state index contributed by atoms with van der Waals surface area (Å²) in [4.78, 5) is 0. The Bertz CT molecular complexity index is 518. The Labute approximate surface area is 103 Å². The van der Waals surface area contributed by atoms with Gasteiger partial charge in [0.15, 0.2) is 0 Å². The Morgan fingerprint density at radius 3 is 2.59 bits per heavy atom. The van der Waals surface area contributed by atoms with E-state index in [1.165, 1.54) is 7.05 Å². The molecule has 0 spiro atoms. The lowest BCUT2D eigenvalue weighted by Crippen LogP contribution is -2.28. The SMILES string of the molecule is CCc1cccc(CS(=O)(=O)N(C)CC#N)c1. The first-order chi connectivity index (χ1) is 7.99. The summed E-state index contributed by atoms with van der Waals surface area (Å²) >= 11 is 0. The second-order valence-corrected chi connectivity index (χ2v) is 5.92. The van der Waals surface area contributed by atoms with Crippen LogP contribution in [0.4, 0.5) is 0 Å². The van der Waals surface area contributed by atoms with E-state index in [-0.39, 0.29) is 12.3 Å². The number of benzene rings is 1. The predicted molar refractivity (Wildman–Crippen MR) is 66.7 cm³/mol. The van der Waals surface area contributed by atoms with Gasteiger partial charge in [0.2, 0.25) is 10.0 Å². The molecule has 92 valence electrons. The minimum absolute atomic E-state index is 0.0565. The van der Waals surface area contributed by atoms with Gasteiger partial charge in [-0.3, -0.25) is 0 Å². The summed E-state index contributed by atoms with van der Waals surface area (Å²) in [5, 5.41) is 8.49. The molecule has 1 aromatic carbocycles. The van der Waals surface area contributed by atoms with Gasteiger partial charge >= 0.3 is 0 Å². The van der Waals surface area contributed by atoms with Crippen molar-refractivity contribution < 1.29 is 8.42 Å². The van der Waals surface area contributed by atoms with Crippen LogP contribution >= 0.6 is 0 Å². The molecule has 0 aliphatic carbocycles. The quantitative estimate of drug-likeness (QED) is 0.747. The molecule has 0 unspecified atom stereocenters. The predicted octanol–water partition coefficient (Wildman–Crippen LogP) is 1.53. The molecular formula is C12H16N2O2S. The third-order valence-corrected chi connectivity index (χ3v) is 4.29. The van der Waals surface area contributed by atoms with Gasteiger partial charge in [-0.2, -0.15) is 9.57 Å². The van der Waals surface area contributed by atoms with Crippen LogP contribution in [-0.2, 0) is 22.2 Å². The zero-order valence-electron chi connectivity index (χ0n) is 10.0. The molecule has 0 aliphatic heterocycles. The fraction of sp³-hybridized carbons (Fsp3) is 0.417. The zero-order valence-corrected chi connectivity index (χ0v) is 10.9. The highest BCUT2D eigenvalue weighted by Gasteiger charge is 2.17. The van der Waals surface area contributed by atoms with Crippen molar-refractivity contribution in [3.63, 3.8) is 0 Å².